The van der Waals surface area contributed by atoms with Crippen LogP contribution in [0.15, 0.2) is 57.7 Å². The van der Waals surface area contributed by atoms with E-state index in [0.29, 0.717) is 5.13 Å². The van der Waals surface area contributed by atoms with Crippen LogP contribution in [-0.4, -0.2) is 10.9 Å². The molecule has 5 nitrogen and oxygen atoms in total. The van der Waals surface area contributed by atoms with Gasteiger partial charge in [-0.1, -0.05) is 30.3 Å². The summed E-state index contributed by atoms with van der Waals surface area (Å²) in [5, 5.41) is 0.616. The Morgan fingerprint density at radius 1 is 1.10 bits per heavy atom. The lowest BCUT2D eigenvalue weighted by molar-refractivity contribution is 0.0971. The van der Waals surface area contributed by atoms with Crippen molar-refractivity contribution >= 4 is 33.3 Å². The molecule has 7 heteroatoms. The molecule has 1 unspecified atom stereocenters. The van der Waals surface area contributed by atoms with E-state index in [9.17, 15) is 14.0 Å². The molecule has 1 atom stereocenters. The molecule has 0 saturated carbocycles. The average Bonchev–Trinajstić information content (AvgIpc) is 3.20. The van der Waals surface area contributed by atoms with E-state index >= 15 is 0 Å². The van der Waals surface area contributed by atoms with Gasteiger partial charge in [-0.05, 0) is 37.6 Å². The molecule has 0 N–H and O–H groups in total. The Balaban J connectivity index is 1.83. The number of amides is 1. The van der Waals surface area contributed by atoms with E-state index in [0.717, 1.165) is 22.2 Å². The topological polar surface area (TPSA) is 63.4 Å². The number of carbonyl (C=O) groups is 1. The zero-order valence-electron chi connectivity index (χ0n) is 15.6. The number of hydrogen-bond acceptors (Lipinski definition) is 5. The molecule has 0 spiro atoms. The maximum Gasteiger partial charge on any atom is 0.297 e. The van der Waals surface area contributed by atoms with E-state index in [1.54, 1.807) is 0 Å². The molecule has 4 aromatic rings. The van der Waals surface area contributed by atoms with E-state index in [2.05, 4.69) is 4.98 Å². The number of aromatic nitrogens is 1. The maximum atomic E-state index is 13.8. The number of anilines is 1. The lowest BCUT2D eigenvalue weighted by Crippen LogP contribution is -2.29. The summed E-state index contributed by atoms with van der Waals surface area (Å²) < 4.78 is 19.6. The number of nitrogens with zero attached hydrogens (tertiary/aromatic N) is 2. The van der Waals surface area contributed by atoms with Crippen LogP contribution in [0.1, 0.15) is 38.3 Å². The second-order valence-electron chi connectivity index (χ2n) is 6.94. The van der Waals surface area contributed by atoms with E-state index in [1.807, 2.05) is 44.2 Å². The highest BCUT2D eigenvalue weighted by atomic mass is 32.1. The summed E-state index contributed by atoms with van der Waals surface area (Å²) in [4.78, 5) is 33.7. The molecule has 1 aliphatic rings. The molecule has 144 valence electrons. The van der Waals surface area contributed by atoms with Gasteiger partial charge in [-0.2, -0.15) is 0 Å². The normalized spacial score (nSPS) is 15.9. The zero-order chi connectivity index (χ0) is 20.3. The van der Waals surface area contributed by atoms with Crippen molar-refractivity contribution in [3.63, 3.8) is 0 Å². The lowest BCUT2D eigenvalue weighted by atomic mass is 9.99. The molecule has 0 radical (unpaired) electrons. The minimum Gasteiger partial charge on any atom is -0.450 e. The quantitative estimate of drug-likeness (QED) is 0.482. The monoisotopic (exact) mass is 406 g/mol. The van der Waals surface area contributed by atoms with Gasteiger partial charge in [0.05, 0.1) is 22.7 Å². The van der Waals surface area contributed by atoms with Crippen molar-refractivity contribution in [2.75, 3.05) is 4.90 Å². The first-order valence-electron chi connectivity index (χ1n) is 9.04. The van der Waals surface area contributed by atoms with Crippen LogP contribution in [0.4, 0.5) is 9.52 Å². The smallest absolute Gasteiger partial charge is 0.297 e. The van der Waals surface area contributed by atoms with Crippen LogP contribution >= 0.6 is 11.3 Å². The molecule has 1 amide bonds. The van der Waals surface area contributed by atoms with Gasteiger partial charge in [0.25, 0.3) is 5.91 Å². The maximum absolute atomic E-state index is 13.8. The van der Waals surface area contributed by atoms with Crippen molar-refractivity contribution in [2.45, 2.75) is 19.9 Å². The third kappa shape index (κ3) is 2.61. The second kappa shape index (κ2) is 6.35. The van der Waals surface area contributed by atoms with Crippen molar-refractivity contribution in [1.29, 1.82) is 0 Å². The van der Waals surface area contributed by atoms with Gasteiger partial charge in [0.2, 0.25) is 5.76 Å². The first-order valence-corrected chi connectivity index (χ1v) is 9.86. The molecule has 3 heterocycles. The van der Waals surface area contributed by atoms with Crippen LogP contribution in [-0.2, 0) is 0 Å². The zero-order valence-corrected chi connectivity index (χ0v) is 16.4. The van der Waals surface area contributed by atoms with Crippen LogP contribution in [0.3, 0.4) is 0 Å². The number of fused-ring (bicyclic) bond motifs is 2. The van der Waals surface area contributed by atoms with E-state index < -0.39 is 23.2 Å². The minimum atomic E-state index is -0.687. The van der Waals surface area contributed by atoms with Gasteiger partial charge in [-0.3, -0.25) is 14.5 Å². The van der Waals surface area contributed by atoms with Gasteiger partial charge >= 0.3 is 0 Å². The second-order valence-corrected chi connectivity index (χ2v) is 8.12. The van der Waals surface area contributed by atoms with Crippen LogP contribution in [0, 0.1) is 19.7 Å². The van der Waals surface area contributed by atoms with Crippen LogP contribution in [0.2, 0.25) is 0 Å². The highest BCUT2D eigenvalue weighted by Gasteiger charge is 2.45. The standard InChI is InChI=1S/C22H15FN2O3S/c1-11-12(2)29-22(24-11)25-18(13-6-4-3-5-7-13)17-19(26)15-10-14(23)8-9-16(15)28-20(17)21(25)27/h3-10,18H,1-2H3. The third-order valence-electron chi connectivity index (χ3n) is 5.17. The minimum absolute atomic E-state index is 0.0199. The van der Waals surface area contributed by atoms with Crippen molar-refractivity contribution in [3.8, 4) is 0 Å². The first kappa shape index (κ1) is 17.8. The summed E-state index contributed by atoms with van der Waals surface area (Å²) in [5.41, 5.74) is 1.57. The van der Waals surface area contributed by atoms with Crippen LogP contribution in [0.5, 0.6) is 0 Å². The molecule has 2 aromatic carbocycles. The Morgan fingerprint density at radius 2 is 1.86 bits per heavy atom. The Hall–Kier alpha value is -3.32. The molecule has 0 fully saturated rings. The molecule has 0 aliphatic carbocycles. The predicted molar refractivity (Wildman–Crippen MR) is 109 cm³/mol. The van der Waals surface area contributed by atoms with E-state index in [-0.39, 0.29) is 22.3 Å². The Bertz CT molecular complexity index is 1320. The molecule has 29 heavy (non-hydrogen) atoms. The van der Waals surface area contributed by atoms with Gasteiger partial charge < -0.3 is 4.42 Å². The number of halogens is 1. The largest absolute Gasteiger partial charge is 0.450 e. The van der Waals surface area contributed by atoms with E-state index in [4.69, 9.17) is 4.42 Å². The summed E-state index contributed by atoms with van der Waals surface area (Å²) in [5.74, 6) is -0.979. The summed E-state index contributed by atoms with van der Waals surface area (Å²) in [6.07, 6.45) is 0. The predicted octanol–water partition coefficient (Wildman–Crippen LogP) is 4.76. The fourth-order valence-electron chi connectivity index (χ4n) is 3.65. The summed E-state index contributed by atoms with van der Waals surface area (Å²) in [7, 11) is 0. The average molecular weight is 406 g/mol. The number of aryl methyl sites for hydroxylation is 2. The Morgan fingerprint density at radius 3 is 2.55 bits per heavy atom. The number of carbonyl (C=O) groups excluding carboxylic acids is 1. The summed E-state index contributed by atoms with van der Waals surface area (Å²) >= 11 is 1.39. The van der Waals surface area contributed by atoms with Crippen molar-refractivity contribution in [2.24, 2.45) is 0 Å². The van der Waals surface area contributed by atoms with Crippen molar-refractivity contribution < 1.29 is 13.6 Å². The number of hydrogen-bond donors (Lipinski definition) is 0. The Kier molecular flexibility index (Phi) is 3.89. The molecule has 2 aromatic heterocycles. The van der Waals surface area contributed by atoms with Crippen molar-refractivity contribution in [1.82, 2.24) is 4.98 Å². The first-order chi connectivity index (χ1) is 14.0. The lowest BCUT2D eigenvalue weighted by Gasteiger charge is -2.22. The Labute approximate surface area is 169 Å². The van der Waals surface area contributed by atoms with Gasteiger partial charge in [-0.25, -0.2) is 9.37 Å². The molecular weight excluding hydrogens is 391 g/mol. The van der Waals surface area contributed by atoms with Gasteiger partial charge in [0.15, 0.2) is 10.6 Å². The van der Waals surface area contributed by atoms with Gasteiger partial charge in [-0.15, -0.1) is 11.3 Å². The molecule has 1 aliphatic heterocycles. The fourth-order valence-corrected chi connectivity index (χ4v) is 4.59. The highest BCUT2D eigenvalue weighted by molar-refractivity contribution is 7.15. The summed E-state index contributed by atoms with van der Waals surface area (Å²) in [6, 6.07) is 12.3. The van der Waals surface area contributed by atoms with Crippen LogP contribution < -0.4 is 10.3 Å². The van der Waals surface area contributed by atoms with Crippen LogP contribution in [0.25, 0.3) is 11.0 Å². The molecule has 0 saturated heterocycles. The molecule has 0 bridgehead atoms. The van der Waals surface area contributed by atoms with Crippen molar-refractivity contribution in [3.05, 3.63) is 92.0 Å². The highest BCUT2D eigenvalue weighted by Crippen LogP contribution is 2.42. The number of benzene rings is 2. The molecule has 5 rings (SSSR count). The summed E-state index contributed by atoms with van der Waals surface area (Å²) in [6.45, 7) is 3.81. The van der Waals surface area contributed by atoms with Gasteiger partial charge in [0.1, 0.15) is 11.4 Å². The molecular formula is C22H15FN2O3S. The fraction of sp³-hybridized carbons (Fsp3) is 0.136. The van der Waals surface area contributed by atoms with Gasteiger partial charge in [0, 0.05) is 4.88 Å². The number of thiazole rings is 1. The number of rotatable bonds is 2. The third-order valence-corrected chi connectivity index (χ3v) is 6.24. The van der Waals surface area contributed by atoms with E-state index in [1.165, 1.54) is 28.4 Å². The SMILES string of the molecule is Cc1nc(N2C(=O)c3oc4ccc(F)cc4c(=O)c3C2c2ccccc2)sc1C.